The van der Waals surface area contributed by atoms with E-state index < -0.39 is 18.2 Å². The maximum absolute atomic E-state index is 15.6. The van der Waals surface area contributed by atoms with Gasteiger partial charge >= 0.3 is 0 Å². The zero-order valence-electron chi connectivity index (χ0n) is 34.1. The molecule has 0 saturated carbocycles. The van der Waals surface area contributed by atoms with Crippen LogP contribution in [0.5, 0.6) is 0 Å². The Morgan fingerprint density at radius 3 is 1.63 bits per heavy atom. The van der Waals surface area contributed by atoms with Crippen LogP contribution < -0.4 is 5.30 Å². The minimum Gasteiger partial charge on any atom is -0.302 e. The Hall–Kier alpha value is -3.43. The molecule has 3 rings (SSSR count). The largest absolute Gasteiger partial charge is 0.302 e. The summed E-state index contributed by atoms with van der Waals surface area (Å²) in [5.41, 5.74) is 4.32. The maximum atomic E-state index is 15.6. The molecule has 0 spiro atoms. The van der Waals surface area contributed by atoms with Crippen LogP contribution >= 0.6 is 7.14 Å². The molecule has 52 heavy (non-hydrogen) atoms. The van der Waals surface area contributed by atoms with E-state index in [1.54, 1.807) is 50.2 Å². The summed E-state index contributed by atoms with van der Waals surface area (Å²) in [6.07, 6.45) is 7.75. The molecule has 0 amide bonds. The van der Waals surface area contributed by atoms with Crippen LogP contribution in [0, 0.1) is 47.0 Å². The van der Waals surface area contributed by atoms with Crippen molar-refractivity contribution in [2.75, 3.05) is 0 Å². The van der Waals surface area contributed by atoms with Gasteiger partial charge in [0.2, 0.25) is 18.2 Å². The normalized spacial score (nSPS) is 13.2. The number of aryl methyl sites for hydroxylation is 4. The maximum Gasteiger partial charge on any atom is 0.248 e. The van der Waals surface area contributed by atoms with Crippen LogP contribution in [0.4, 0.5) is 0 Å². The minimum absolute atomic E-state index is 0.119. The molecule has 1 unspecified atom stereocenters. The Labute approximate surface area is 314 Å². The molecule has 3 aromatic carbocycles. The van der Waals surface area contributed by atoms with Crippen LogP contribution in [0.2, 0.25) is 0 Å². The van der Waals surface area contributed by atoms with Gasteiger partial charge in [0, 0.05) is 40.3 Å². The van der Waals surface area contributed by atoms with Crippen LogP contribution in [0.15, 0.2) is 42.5 Å². The van der Waals surface area contributed by atoms with E-state index in [1.165, 1.54) is 0 Å². The summed E-state index contributed by atoms with van der Waals surface area (Å²) in [4.78, 5) is 56.7. The zero-order chi connectivity index (χ0) is 39.2. The number of carbonyl (C=O) groups excluding carboxylic acids is 4. The minimum atomic E-state index is -4.47. The number of carbonyl (C=O) groups is 4. The second-order valence-corrected chi connectivity index (χ2v) is 18.9. The summed E-state index contributed by atoms with van der Waals surface area (Å²) in [5, 5.41) is 0.190. The molecule has 0 aliphatic heterocycles. The van der Waals surface area contributed by atoms with Gasteiger partial charge in [-0.15, -0.1) is 0 Å². The first-order chi connectivity index (χ1) is 24.3. The van der Waals surface area contributed by atoms with Gasteiger partial charge in [0.25, 0.3) is 0 Å². The molecule has 0 heterocycles. The number of rotatable bonds is 19. The zero-order valence-corrected chi connectivity index (χ0v) is 35.0. The number of hydrogen-bond acceptors (Lipinski definition) is 5. The molecule has 0 aromatic heterocycles. The highest BCUT2D eigenvalue weighted by molar-refractivity contribution is 8.01. The molecule has 0 radical (unpaired) electrons. The van der Waals surface area contributed by atoms with Crippen molar-refractivity contribution in [2.45, 2.75) is 153 Å². The lowest BCUT2D eigenvalue weighted by Crippen LogP contribution is -2.26. The highest BCUT2D eigenvalue weighted by atomic mass is 31.2. The number of Topliss-reactive ketones (excluding diaryl/α,β-unsaturated/α-hetero) is 2. The summed E-state index contributed by atoms with van der Waals surface area (Å²) < 4.78 is 15.6. The number of benzene rings is 3. The van der Waals surface area contributed by atoms with E-state index in [9.17, 15) is 14.4 Å². The third-order valence-corrected chi connectivity index (χ3v) is 13.8. The van der Waals surface area contributed by atoms with Gasteiger partial charge in [0.15, 0.2) is 5.78 Å². The molecular weight excluding hydrogens is 663 g/mol. The Morgan fingerprint density at radius 1 is 0.596 bits per heavy atom. The lowest BCUT2D eigenvalue weighted by atomic mass is 9.74. The summed E-state index contributed by atoms with van der Waals surface area (Å²) in [6, 6.07) is 12.2. The van der Waals surface area contributed by atoms with Gasteiger partial charge in [-0.05, 0) is 112 Å². The van der Waals surface area contributed by atoms with Gasteiger partial charge in [0.1, 0.15) is 5.78 Å². The monoisotopic (exact) mass is 726 g/mol. The Kier molecular flexibility index (Phi) is 14.5. The summed E-state index contributed by atoms with van der Waals surface area (Å²) in [5.74, 6) is 0.104. The van der Waals surface area contributed by atoms with Gasteiger partial charge in [-0.3, -0.25) is 19.2 Å². The molecule has 6 heteroatoms. The van der Waals surface area contributed by atoms with E-state index in [4.69, 9.17) is 0 Å². The van der Waals surface area contributed by atoms with Crippen molar-refractivity contribution >= 4 is 35.1 Å². The highest BCUT2D eigenvalue weighted by Gasteiger charge is 2.46. The lowest BCUT2D eigenvalue weighted by molar-refractivity contribution is -0.127. The SMILES string of the molecule is CCCCC(C)(C)C(=O)CCCCC(=O)c1c(C)cc(C)c(C(=O)P(=O)(C(=O)c2c(C)cc(C)c(C(C)(C)CCCC)c2C)c2ccccc2)c1C. The van der Waals surface area contributed by atoms with E-state index in [-0.39, 0.29) is 39.7 Å². The van der Waals surface area contributed by atoms with E-state index in [0.29, 0.717) is 47.1 Å². The third-order valence-electron chi connectivity index (χ3n) is 11.1. The molecule has 0 aliphatic rings. The van der Waals surface area contributed by atoms with E-state index in [0.717, 1.165) is 60.8 Å². The molecule has 0 aliphatic carbocycles. The fourth-order valence-electron chi connectivity index (χ4n) is 8.32. The van der Waals surface area contributed by atoms with Gasteiger partial charge < -0.3 is 4.57 Å². The predicted molar refractivity (Wildman–Crippen MR) is 217 cm³/mol. The van der Waals surface area contributed by atoms with Crippen molar-refractivity contribution in [3.63, 3.8) is 0 Å². The number of unbranched alkanes of at least 4 members (excludes halogenated alkanes) is 3. The summed E-state index contributed by atoms with van der Waals surface area (Å²) >= 11 is 0. The lowest BCUT2D eigenvalue weighted by Gasteiger charge is -2.31. The van der Waals surface area contributed by atoms with Crippen LogP contribution in [0.3, 0.4) is 0 Å². The van der Waals surface area contributed by atoms with Gasteiger partial charge in [-0.25, -0.2) is 0 Å². The first-order valence-electron chi connectivity index (χ1n) is 19.3. The first-order valence-corrected chi connectivity index (χ1v) is 21.0. The van der Waals surface area contributed by atoms with Crippen LogP contribution in [-0.2, 0) is 14.8 Å². The average Bonchev–Trinajstić information content (AvgIpc) is 3.07. The van der Waals surface area contributed by atoms with Gasteiger partial charge in [-0.2, -0.15) is 0 Å². The highest BCUT2D eigenvalue weighted by Crippen LogP contribution is 2.54. The smallest absolute Gasteiger partial charge is 0.248 e. The summed E-state index contributed by atoms with van der Waals surface area (Å²) in [6.45, 7) is 23.9. The standard InChI is InChI=1S/C46H63O5P/c1-13-15-26-45(9,10)38(48)25-21-20-24-37(47)39-30(3)28-31(4)40(34(39)7)43(49)52(51,36-22-18-17-19-23-36)44(50)41-32(5)29-33(6)42(35(41)8)46(11,12)27-16-14-2/h17-19,22-23,28-29H,13-16,20-21,24-27H2,1-12H3. The van der Waals surface area contributed by atoms with Crippen molar-refractivity contribution in [2.24, 2.45) is 5.41 Å². The Balaban J connectivity index is 2.10. The fourth-order valence-corrected chi connectivity index (χ4v) is 10.9. The van der Waals surface area contributed by atoms with Crippen molar-refractivity contribution < 1.29 is 23.7 Å². The predicted octanol–water partition coefficient (Wildman–Crippen LogP) is 12.2. The van der Waals surface area contributed by atoms with E-state index >= 15 is 9.36 Å². The molecule has 1 atom stereocenters. The average molecular weight is 727 g/mol. The third kappa shape index (κ3) is 9.02. The van der Waals surface area contributed by atoms with Crippen molar-refractivity contribution in [1.29, 1.82) is 0 Å². The molecule has 0 fully saturated rings. The van der Waals surface area contributed by atoms with E-state index in [1.807, 2.05) is 40.7 Å². The van der Waals surface area contributed by atoms with Crippen LogP contribution in [-0.4, -0.2) is 22.6 Å². The molecule has 5 nitrogen and oxygen atoms in total. The second-order valence-electron chi connectivity index (χ2n) is 16.4. The fraction of sp³-hybridized carbons (Fsp3) is 0.522. The molecule has 0 bridgehead atoms. The number of hydrogen-bond donors (Lipinski definition) is 0. The topological polar surface area (TPSA) is 85.3 Å². The van der Waals surface area contributed by atoms with Crippen molar-refractivity contribution in [3.8, 4) is 0 Å². The molecule has 282 valence electrons. The van der Waals surface area contributed by atoms with E-state index in [2.05, 4.69) is 34.6 Å². The van der Waals surface area contributed by atoms with Crippen molar-refractivity contribution in [3.05, 3.63) is 98.1 Å². The molecular formula is C46H63O5P. The number of ketones is 2. The quantitative estimate of drug-likeness (QED) is 0.0697. The molecule has 0 saturated heterocycles. The van der Waals surface area contributed by atoms with Crippen molar-refractivity contribution in [1.82, 2.24) is 0 Å². The molecule has 0 N–H and O–H groups in total. The Bertz CT molecular complexity index is 1860. The Morgan fingerprint density at radius 2 is 1.08 bits per heavy atom. The summed E-state index contributed by atoms with van der Waals surface area (Å²) in [7, 11) is -4.47. The second kappa shape index (κ2) is 17.6. The first kappa shape index (κ1) is 43.0. The van der Waals surface area contributed by atoms with Crippen LogP contribution in [0.25, 0.3) is 0 Å². The van der Waals surface area contributed by atoms with Crippen LogP contribution in [0.1, 0.15) is 176 Å². The van der Waals surface area contributed by atoms with Gasteiger partial charge in [-0.1, -0.05) is 110 Å². The molecule has 3 aromatic rings. The van der Waals surface area contributed by atoms with Gasteiger partial charge in [0.05, 0.1) is 0 Å².